The van der Waals surface area contributed by atoms with Crippen LogP contribution in [0.3, 0.4) is 0 Å². The Balaban J connectivity index is 2.32. The van der Waals surface area contributed by atoms with Crippen LogP contribution >= 0.6 is 31.9 Å². The summed E-state index contributed by atoms with van der Waals surface area (Å²) in [6.07, 6.45) is 0. The van der Waals surface area contributed by atoms with Crippen molar-refractivity contribution in [3.8, 4) is 11.5 Å². The first-order valence-electron chi connectivity index (χ1n) is 8.79. The van der Waals surface area contributed by atoms with E-state index in [-0.39, 0.29) is 5.41 Å². The topological polar surface area (TPSA) is 52.6 Å². The number of carbonyl (C=O) groups is 2. The molecule has 0 aliphatic rings. The molecule has 152 valence electrons. The zero-order valence-electron chi connectivity index (χ0n) is 16.8. The smallest absolute Gasteiger partial charge is 0.338 e. The van der Waals surface area contributed by atoms with Crippen LogP contribution in [0.1, 0.15) is 38.8 Å². The largest absolute Gasteiger partial charge is 0.422 e. The quantitative estimate of drug-likeness (QED) is 0.247. The van der Waals surface area contributed by atoms with Gasteiger partial charge in [0.05, 0.1) is 8.95 Å². The first-order valence-corrected chi connectivity index (χ1v) is 10.4. The van der Waals surface area contributed by atoms with Crippen LogP contribution in [0, 0.1) is 0 Å². The molecular weight excluding hydrogens is 500 g/mol. The van der Waals surface area contributed by atoms with Crippen LogP contribution in [0.2, 0.25) is 0 Å². The maximum absolute atomic E-state index is 11.8. The number of benzene rings is 2. The Morgan fingerprint density at radius 3 is 1.41 bits per heavy atom. The molecule has 0 saturated heterocycles. The minimum absolute atomic E-state index is 0.332. The van der Waals surface area contributed by atoms with Crippen molar-refractivity contribution >= 4 is 43.8 Å². The number of hydrogen-bond acceptors (Lipinski definition) is 4. The normalized spacial score (nSPS) is 11.0. The molecule has 0 aromatic heterocycles. The number of esters is 2. The van der Waals surface area contributed by atoms with E-state index >= 15 is 0 Å². The summed E-state index contributed by atoms with van der Waals surface area (Å²) in [7, 11) is 0. The summed E-state index contributed by atoms with van der Waals surface area (Å²) in [6.45, 7) is 14.5. The molecule has 0 aliphatic heterocycles. The van der Waals surface area contributed by atoms with Gasteiger partial charge in [0.15, 0.2) is 0 Å². The zero-order valence-corrected chi connectivity index (χ0v) is 19.9. The number of halogens is 2. The van der Waals surface area contributed by atoms with Gasteiger partial charge in [0.2, 0.25) is 0 Å². The highest BCUT2D eigenvalue weighted by molar-refractivity contribution is 9.10. The van der Waals surface area contributed by atoms with Crippen LogP contribution in [0.15, 0.2) is 69.6 Å². The molecule has 0 unspecified atom stereocenters. The van der Waals surface area contributed by atoms with Crippen molar-refractivity contribution in [2.24, 2.45) is 0 Å². The van der Waals surface area contributed by atoms with Gasteiger partial charge in [-0.3, -0.25) is 0 Å². The molecule has 2 rings (SSSR count). The van der Waals surface area contributed by atoms with Crippen molar-refractivity contribution in [2.75, 3.05) is 0 Å². The predicted octanol–water partition coefficient (Wildman–Crippen LogP) is 6.50. The van der Waals surface area contributed by atoms with Gasteiger partial charge in [-0.05, 0) is 81.1 Å². The van der Waals surface area contributed by atoms with Crippen molar-refractivity contribution in [1.29, 1.82) is 0 Å². The number of carbonyl (C=O) groups excluding carboxylic acids is 2. The van der Waals surface area contributed by atoms with E-state index in [1.54, 1.807) is 26.0 Å². The van der Waals surface area contributed by atoms with E-state index in [9.17, 15) is 9.59 Å². The fourth-order valence-corrected chi connectivity index (χ4v) is 3.40. The molecule has 0 fully saturated rings. The Hall–Kier alpha value is -2.18. The van der Waals surface area contributed by atoms with Crippen molar-refractivity contribution < 1.29 is 19.1 Å². The average molecular weight is 522 g/mol. The van der Waals surface area contributed by atoms with E-state index < -0.39 is 11.9 Å². The van der Waals surface area contributed by atoms with Gasteiger partial charge in [0.25, 0.3) is 0 Å². The van der Waals surface area contributed by atoms with Crippen LogP contribution in [-0.2, 0) is 15.0 Å². The lowest BCUT2D eigenvalue weighted by Crippen LogP contribution is -2.19. The molecule has 0 aliphatic carbocycles. The van der Waals surface area contributed by atoms with E-state index in [2.05, 4.69) is 58.9 Å². The minimum atomic E-state index is -0.471. The maximum atomic E-state index is 11.8. The number of rotatable bonds is 6. The summed E-state index contributed by atoms with van der Waals surface area (Å²) in [4.78, 5) is 23.5. The third-order valence-corrected chi connectivity index (χ3v) is 5.65. The fourth-order valence-electron chi connectivity index (χ4n) is 2.49. The molecule has 0 saturated carbocycles. The number of ether oxygens (including phenoxy) is 2. The highest BCUT2D eigenvalue weighted by atomic mass is 79.9. The third-order valence-electron chi connectivity index (χ3n) is 4.41. The summed E-state index contributed by atoms with van der Waals surface area (Å²) in [5.74, 6) is -0.0790. The summed E-state index contributed by atoms with van der Waals surface area (Å²) in [5.41, 5.74) is 2.33. The van der Waals surface area contributed by atoms with E-state index in [1.807, 2.05) is 24.3 Å². The molecule has 2 aromatic rings. The Labute approximate surface area is 187 Å². The molecule has 0 heterocycles. The van der Waals surface area contributed by atoms with Crippen LogP contribution in [-0.4, -0.2) is 11.9 Å². The first-order chi connectivity index (χ1) is 13.4. The Morgan fingerprint density at radius 2 is 1.14 bits per heavy atom. The number of hydrogen-bond donors (Lipinski definition) is 0. The summed E-state index contributed by atoms with van der Waals surface area (Å²) in [5, 5.41) is 0. The van der Waals surface area contributed by atoms with Crippen molar-refractivity contribution in [3.05, 3.63) is 80.8 Å². The zero-order chi connectivity index (χ0) is 21.9. The van der Waals surface area contributed by atoms with Crippen LogP contribution in [0.5, 0.6) is 11.5 Å². The first kappa shape index (κ1) is 23.1. The molecule has 0 bridgehead atoms. The van der Waals surface area contributed by atoms with E-state index in [0.717, 1.165) is 11.1 Å². The molecule has 4 nitrogen and oxygen atoms in total. The lowest BCUT2D eigenvalue weighted by atomic mass is 9.78. The molecule has 2 aromatic carbocycles. The second-order valence-corrected chi connectivity index (χ2v) is 8.96. The summed E-state index contributed by atoms with van der Waals surface area (Å²) in [6, 6.07) is 11.2. The second-order valence-electron chi connectivity index (χ2n) is 7.26. The van der Waals surface area contributed by atoms with Gasteiger partial charge >= 0.3 is 11.9 Å². The summed E-state index contributed by atoms with van der Waals surface area (Å²) >= 11 is 6.95. The molecule has 0 N–H and O–H groups in total. The van der Waals surface area contributed by atoms with E-state index in [0.29, 0.717) is 31.6 Å². The average Bonchev–Trinajstić information content (AvgIpc) is 2.64. The molecule has 0 spiro atoms. The van der Waals surface area contributed by atoms with Gasteiger partial charge in [-0.25, -0.2) is 9.59 Å². The third kappa shape index (κ3) is 5.46. The van der Waals surface area contributed by atoms with Gasteiger partial charge in [0, 0.05) is 16.6 Å². The highest BCUT2D eigenvalue weighted by Crippen LogP contribution is 2.38. The highest BCUT2D eigenvalue weighted by Gasteiger charge is 2.25. The van der Waals surface area contributed by atoms with Gasteiger partial charge in [-0.1, -0.05) is 39.1 Å². The van der Waals surface area contributed by atoms with Crippen LogP contribution in [0.4, 0.5) is 0 Å². The molecule has 0 atom stereocenters. The van der Waals surface area contributed by atoms with Crippen molar-refractivity contribution in [2.45, 2.75) is 33.1 Å². The second kappa shape index (κ2) is 9.09. The lowest BCUT2D eigenvalue weighted by molar-refractivity contribution is -0.131. The molecule has 0 radical (unpaired) electrons. The molecular formula is C23H22Br2O4. The van der Waals surface area contributed by atoms with Crippen molar-refractivity contribution in [1.82, 2.24) is 0 Å². The van der Waals surface area contributed by atoms with Gasteiger partial charge in [0.1, 0.15) is 11.5 Å². The predicted molar refractivity (Wildman–Crippen MR) is 121 cm³/mol. The minimum Gasteiger partial charge on any atom is -0.422 e. The molecule has 6 heteroatoms. The standard InChI is InChI=1S/C23H22Br2O4/c1-13(2)21(26)28-19-9-7-15(11-17(19)24)23(5,6)16-8-10-20(18(25)12-16)29-22(27)14(3)4/h7-12H,1,3H2,2,4-6H3. The van der Waals surface area contributed by atoms with Gasteiger partial charge in [-0.2, -0.15) is 0 Å². The van der Waals surface area contributed by atoms with Crippen LogP contribution < -0.4 is 9.47 Å². The lowest BCUT2D eigenvalue weighted by Gasteiger charge is -2.27. The SMILES string of the molecule is C=C(C)C(=O)Oc1ccc(C(C)(C)c2ccc(OC(=O)C(=C)C)c(Br)c2)cc1Br. The Morgan fingerprint density at radius 1 is 0.793 bits per heavy atom. The van der Waals surface area contributed by atoms with Gasteiger partial charge < -0.3 is 9.47 Å². The monoisotopic (exact) mass is 520 g/mol. The summed E-state index contributed by atoms with van der Waals surface area (Å²) < 4.78 is 12.0. The van der Waals surface area contributed by atoms with Crippen molar-refractivity contribution in [3.63, 3.8) is 0 Å². The fraction of sp³-hybridized carbons (Fsp3) is 0.217. The molecule has 0 amide bonds. The Kier molecular flexibility index (Phi) is 7.25. The van der Waals surface area contributed by atoms with E-state index in [1.165, 1.54) is 0 Å². The Bertz CT molecular complexity index is 926. The van der Waals surface area contributed by atoms with Crippen LogP contribution in [0.25, 0.3) is 0 Å². The van der Waals surface area contributed by atoms with E-state index in [4.69, 9.17) is 9.47 Å². The molecule has 29 heavy (non-hydrogen) atoms. The maximum Gasteiger partial charge on any atom is 0.338 e. The van der Waals surface area contributed by atoms with Gasteiger partial charge in [-0.15, -0.1) is 0 Å².